The first kappa shape index (κ1) is 16.4. The zero-order chi connectivity index (χ0) is 15.1. The Morgan fingerprint density at radius 2 is 1.95 bits per heavy atom. The van der Waals surface area contributed by atoms with E-state index in [1.165, 1.54) is 11.1 Å². The van der Waals surface area contributed by atoms with Gasteiger partial charge in [-0.2, -0.15) is 0 Å². The third-order valence-corrected chi connectivity index (χ3v) is 3.93. The molecular formula is C19H27N. The molecule has 108 valence electrons. The molecule has 0 aromatic carbocycles. The average Bonchev–Trinajstić information content (AvgIpc) is 2.50. The van der Waals surface area contributed by atoms with Crippen LogP contribution in [0.4, 0.5) is 0 Å². The highest BCUT2D eigenvalue weighted by molar-refractivity contribution is 6.02. The first-order valence-corrected chi connectivity index (χ1v) is 7.40. The van der Waals surface area contributed by atoms with Gasteiger partial charge in [-0.3, -0.25) is 4.99 Å². The minimum atomic E-state index is 0.319. The van der Waals surface area contributed by atoms with Crippen molar-refractivity contribution in [1.82, 2.24) is 0 Å². The average molecular weight is 269 g/mol. The molecule has 0 fully saturated rings. The Labute approximate surface area is 124 Å². The summed E-state index contributed by atoms with van der Waals surface area (Å²) in [5.41, 5.74) is 6.02. The van der Waals surface area contributed by atoms with Crippen molar-refractivity contribution in [3.63, 3.8) is 0 Å². The van der Waals surface area contributed by atoms with E-state index in [9.17, 15) is 0 Å². The van der Waals surface area contributed by atoms with Gasteiger partial charge >= 0.3 is 0 Å². The Morgan fingerprint density at radius 3 is 2.55 bits per heavy atom. The summed E-state index contributed by atoms with van der Waals surface area (Å²) < 4.78 is 0. The van der Waals surface area contributed by atoms with Gasteiger partial charge in [-0.05, 0) is 42.9 Å². The summed E-state index contributed by atoms with van der Waals surface area (Å²) in [6, 6.07) is 0. The summed E-state index contributed by atoms with van der Waals surface area (Å²) in [6.07, 6.45) is 12.0. The maximum atomic E-state index is 4.34. The van der Waals surface area contributed by atoms with Crippen molar-refractivity contribution in [2.24, 2.45) is 10.9 Å². The molecule has 1 nitrogen and oxygen atoms in total. The van der Waals surface area contributed by atoms with Crippen LogP contribution in [0.15, 0.2) is 64.7 Å². The number of allylic oxidation sites excluding steroid dienone is 8. The van der Waals surface area contributed by atoms with E-state index in [0.29, 0.717) is 5.92 Å². The van der Waals surface area contributed by atoms with Gasteiger partial charge in [-0.1, -0.05) is 56.9 Å². The second-order valence-corrected chi connectivity index (χ2v) is 5.31. The SMILES string of the molecule is C=C(C=CC(=C)C(C)C1=CCCC=C1C(C)=NC)CC. The minimum Gasteiger partial charge on any atom is -0.293 e. The molecule has 0 aromatic rings. The van der Waals surface area contributed by atoms with Crippen LogP contribution in [0.5, 0.6) is 0 Å². The lowest BCUT2D eigenvalue weighted by molar-refractivity contribution is 0.816. The molecule has 1 aliphatic rings. The zero-order valence-electron chi connectivity index (χ0n) is 13.4. The molecule has 0 aliphatic heterocycles. The molecule has 20 heavy (non-hydrogen) atoms. The van der Waals surface area contributed by atoms with Gasteiger partial charge in [-0.25, -0.2) is 0 Å². The molecule has 1 heteroatoms. The van der Waals surface area contributed by atoms with Gasteiger partial charge in [0.15, 0.2) is 0 Å². The highest BCUT2D eigenvalue weighted by Gasteiger charge is 2.18. The van der Waals surface area contributed by atoms with E-state index in [2.05, 4.69) is 63.2 Å². The Bertz CT molecular complexity index is 498. The van der Waals surface area contributed by atoms with Crippen LogP contribution in [-0.2, 0) is 0 Å². The second kappa shape index (κ2) is 7.84. The molecule has 0 N–H and O–H groups in total. The van der Waals surface area contributed by atoms with E-state index in [4.69, 9.17) is 0 Å². The lowest BCUT2D eigenvalue weighted by atomic mass is 9.82. The molecule has 0 amide bonds. The number of rotatable bonds is 6. The number of hydrogen-bond donors (Lipinski definition) is 0. The monoisotopic (exact) mass is 269 g/mol. The topological polar surface area (TPSA) is 12.4 Å². The molecule has 0 spiro atoms. The fourth-order valence-corrected chi connectivity index (χ4v) is 2.27. The van der Waals surface area contributed by atoms with Crippen LogP contribution in [0.25, 0.3) is 0 Å². The van der Waals surface area contributed by atoms with E-state index >= 15 is 0 Å². The Balaban J connectivity index is 2.90. The van der Waals surface area contributed by atoms with Crippen LogP contribution in [0, 0.1) is 5.92 Å². The lowest BCUT2D eigenvalue weighted by Crippen LogP contribution is -2.12. The molecule has 1 unspecified atom stereocenters. The van der Waals surface area contributed by atoms with Crippen molar-refractivity contribution in [3.8, 4) is 0 Å². The summed E-state index contributed by atoms with van der Waals surface area (Å²) in [6.45, 7) is 14.6. The van der Waals surface area contributed by atoms with Crippen LogP contribution in [-0.4, -0.2) is 12.8 Å². The van der Waals surface area contributed by atoms with Crippen molar-refractivity contribution in [2.45, 2.75) is 40.0 Å². The van der Waals surface area contributed by atoms with E-state index in [1.807, 2.05) is 7.05 Å². The number of aliphatic imine (C=N–C) groups is 1. The lowest BCUT2D eigenvalue weighted by Gasteiger charge is -2.22. The van der Waals surface area contributed by atoms with Crippen LogP contribution in [0.3, 0.4) is 0 Å². The molecule has 0 bridgehead atoms. The third kappa shape index (κ3) is 4.19. The largest absolute Gasteiger partial charge is 0.293 e. The van der Waals surface area contributed by atoms with Crippen molar-refractivity contribution < 1.29 is 0 Å². The van der Waals surface area contributed by atoms with Crippen molar-refractivity contribution >= 4 is 5.71 Å². The molecule has 0 saturated carbocycles. The molecule has 0 aromatic heterocycles. The first-order valence-electron chi connectivity index (χ1n) is 7.40. The van der Waals surface area contributed by atoms with Gasteiger partial charge in [0, 0.05) is 18.7 Å². The van der Waals surface area contributed by atoms with E-state index < -0.39 is 0 Å². The maximum Gasteiger partial charge on any atom is 0.0385 e. The standard InChI is InChI=1S/C19H27N/c1-7-14(2)12-13-15(3)16(4)18-10-8-9-11-19(18)17(5)20-6/h10-13,16H,2-3,7-9H2,1,4-6H3. The quantitative estimate of drug-likeness (QED) is 0.450. The van der Waals surface area contributed by atoms with E-state index in [0.717, 1.165) is 36.1 Å². The Kier molecular flexibility index (Phi) is 6.44. The van der Waals surface area contributed by atoms with Gasteiger partial charge in [0.05, 0.1) is 0 Å². The smallest absolute Gasteiger partial charge is 0.0385 e. The van der Waals surface area contributed by atoms with Gasteiger partial charge in [-0.15, -0.1) is 0 Å². The number of nitrogens with zero attached hydrogens (tertiary/aromatic N) is 1. The molecule has 0 saturated heterocycles. The van der Waals surface area contributed by atoms with E-state index in [1.54, 1.807) is 0 Å². The van der Waals surface area contributed by atoms with Crippen molar-refractivity contribution in [3.05, 3.63) is 59.8 Å². The summed E-state index contributed by atoms with van der Waals surface area (Å²) in [7, 11) is 1.85. The fourth-order valence-electron chi connectivity index (χ4n) is 2.27. The predicted molar refractivity (Wildman–Crippen MR) is 91.3 cm³/mol. The zero-order valence-corrected chi connectivity index (χ0v) is 13.4. The van der Waals surface area contributed by atoms with Crippen molar-refractivity contribution in [1.29, 1.82) is 0 Å². The maximum absolute atomic E-state index is 4.34. The summed E-state index contributed by atoms with van der Waals surface area (Å²) in [5.74, 6) is 0.319. The van der Waals surface area contributed by atoms with Crippen molar-refractivity contribution in [2.75, 3.05) is 7.05 Å². The van der Waals surface area contributed by atoms with Gasteiger partial charge in [0.2, 0.25) is 0 Å². The van der Waals surface area contributed by atoms with Crippen LogP contribution < -0.4 is 0 Å². The molecule has 0 heterocycles. The molecular weight excluding hydrogens is 242 g/mol. The molecule has 1 aliphatic carbocycles. The van der Waals surface area contributed by atoms with Crippen LogP contribution in [0.2, 0.25) is 0 Å². The predicted octanol–water partition coefficient (Wildman–Crippen LogP) is 5.44. The Morgan fingerprint density at radius 1 is 1.30 bits per heavy atom. The molecule has 0 radical (unpaired) electrons. The van der Waals surface area contributed by atoms with Gasteiger partial charge in [0.1, 0.15) is 0 Å². The fraction of sp³-hybridized carbons (Fsp3) is 0.421. The first-order chi connectivity index (χ1) is 9.51. The summed E-state index contributed by atoms with van der Waals surface area (Å²) in [5, 5.41) is 0. The second-order valence-electron chi connectivity index (χ2n) is 5.31. The highest BCUT2D eigenvalue weighted by Crippen LogP contribution is 2.31. The third-order valence-electron chi connectivity index (χ3n) is 3.93. The molecule has 1 rings (SSSR count). The van der Waals surface area contributed by atoms with Crippen LogP contribution >= 0.6 is 0 Å². The normalized spacial score (nSPS) is 17.7. The van der Waals surface area contributed by atoms with Crippen LogP contribution in [0.1, 0.15) is 40.0 Å². The van der Waals surface area contributed by atoms with Gasteiger partial charge < -0.3 is 0 Å². The summed E-state index contributed by atoms with van der Waals surface area (Å²) in [4.78, 5) is 4.34. The molecule has 1 atom stereocenters. The highest BCUT2D eigenvalue weighted by atomic mass is 14.7. The van der Waals surface area contributed by atoms with E-state index in [-0.39, 0.29) is 0 Å². The van der Waals surface area contributed by atoms with Gasteiger partial charge in [0.25, 0.3) is 0 Å². The summed E-state index contributed by atoms with van der Waals surface area (Å²) >= 11 is 0. The number of hydrogen-bond acceptors (Lipinski definition) is 1. The Hall–Kier alpha value is -1.63. The minimum absolute atomic E-state index is 0.319.